The lowest BCUT2D eigenvalue weighted by molar-refractivity contribution is -0.140. The number of phenolic OH excluding ortho intramolecular Hbond substituents is 1. The van der Waals surface area contributed by atoms with E-state index in [-0.39, 0.29) is 29.4 Å². The number of likely N-dealkylation sites (tertiary alicyclic amines) is 1. The summed E-state index contributed by atoms with van der Waals surface area (Å²) in [4.78, 5) is 29.2. The van der Waals surface area contributed by atoms with Gasteiger partial charge in [0.05, 0.1) is 18.7 Å². The number of rotatable bonds is 6. The summed E-state index contributed by atoms with van der Waals surface area (Å²) < 4.78 is 5.98. The fourth-order valence-corrected chi connectivity index (χ4v) is 3.84. The van der Waals surface area contributed by atoms with Crippen molar-refractivity contribution in [2.45, 2.75) is 13.0 Å². The Bertz CT molecular complexity index is 1060. The van der Waals surface area contributed by atoms with Gasteiger partial charge in [-0.2, -0.15) is 0 Å². The molecule has 1 unspecified atom stereocenters. The number of aliphatic hydroxyl groups is 1. The number of hydrogen-bond donors (Lipinski definition) is 2. The molecule has 2 aromatic carbocycles. The Morgan fingerprint density at radius 1 is 1.19 bits per heavy atom. The van der Waals surface area contributed by atoms with Crippen molar-refractivity contribution in [3.63, 3.8) is 0 Å². The van der Waals surface area contributed by atoms with Crippen LogP contribution in [0.1, 0.15) is 22.7 Å². The van der Waals surface area contributed by atoms with Gasteiger partial charge in [-0.15, -0.1) is 0 Å². The standard InChI is InChI=1S/C23H25BrN2O5/c1-13-11-15(5-7-16(13)24)21(28)19-20(14-6-8-18(31-4)17(27)12-14)26(10-9-25(2)3)23(30)22(19)29/h5-8,11-12,20,27-28H,9-10H2,1-4H3/b21-19-. The summed E-state index contributed by atoms with van der Waals surface area (Å²) in [7, 11) is 5.18. The number of methoxy groups -OCH3 is 1. The van der Waals surface area contributed by atoms with E-state index in [9.17, 15) is 19.8 Å². The SMILES string of the molecule is COc1ccc(C2/C(=C(/O)c3ccc(Br)c(C)c3)C(=O)C(=O)N2CCN(C)C)cc1O. The van der Waals surface area contributed by atoms with Crippen molar-refractivity contribution >= 4 is 33.4 Å². The molecule has 0 bridgehead atoms. The quantitative estimate of drug-likeness (QED) is 0.367. The summed E-state index contributed by atoms with van der Waals surface area (Å²) in [5.74, 6) is -1.52. The van der Waals surface area contributed by atoms with Gasteiger partial charge in [-0.3, -0.25) is 9.59 Å². The number of carbonyl (C=O) groups is 2. The Morgan fingerprint density at radius 2 is 1.90 bits per heavy atom. The highest BCUT2D eigenvalue weighted by Crippen LogP contribution is 2.41. The van der Waals surface area contributed by atoms with E-state index in [1.165, 1.54) is 18.1 Å². The Hall–Kier alpha value is -2.84. The second kappa shape index (κ2) is 9.11. The molecule has 0 aromatic heterocycles. The lowest BCUT2D eigenvalue weighted by atomic mass is 9.94. The Labute approximate surface area is 189 Å². The molecular formula is C23H25BrN2O5. The summed E-state index contributed by atoms with van der Waals surface area (Å²) in [6, 6.07) is 9.08. The third-order valence-electron chi connectivity index (χ3n) is 5.28. The van der Waals surface area contributed by atoms with Crippen LogP contribution in [0, 0.1) is 6.92 Å². The molecular weight excluding hydrogens is 464 g/mol. The minimum absolute atomic E-state index is 0.00459. The van der Waals surface area contributed by atoms with Gasteiger partial charge in [0.25, 0.3) is 11.7 Å². The van der Waals surface area contributed by atoms with Crippen LogP contribution in [0.2, 0.25) is 0 Å². The molecule has 1 heterocycles. The molecule has 3 rings (SSSR count). The van der Waals surface area contributed by atoms with Crippen LogP contribution in [0.5, 0.6) is 11.5 Å². The maximum atomic E-state index is 13.0. The first kappa shape index (κ1) is 22.8. The van der Waals surface area contributed by atoms with Crippen LogP contribution in [-0.4, -0.2) is 66.0 Å². The molecule has 8 heteroatoms. The molecule has 2 aromatic rings. The number of likely N-dealkylation sites (N-methyl/N-ethyl adjacent to an activating group) is 1. The normalized spacial score (nSPS) is 18.1. The fourth-order valence-electron chi connectivity index (χ4n) is 3.59. The molecule has 1 aliphatic heterocycles. The average Bonchev–Trinajstić information content (AvgIpc) is 2.98. The number of ether oxygens (including phenoxy) is 1. The van der Waals surface area contributed by atoms with E-state index in [0.29, 0.717) is 17.7 Å². The Kier molecular flexibility index (Phi) is 6.71. The summed E-state index contributed by atoms with van der Waals surface area (Å²) in [6.07, 6.45) is 0. The minimum atomic E-state index is -0.833. The van der Waals surface area contributed by atoms with E-state index in [1.54, 1.807) is 30.3 Å². The van der Waals surface area contributed by atoms with Gasteiger partial charge >= 0.3 is 0 Å². The highest BCUT2D eigenvalue weighted by atomic mass is 79.9. The Balaban J connectivity index is 2.18. The van der Waals surface area contributed by atoms with E-state index in [0.717, 1.165) is 10.0 Å². The molecule has 1 atom stereocenters. The van der Waals surface area contributed by atoms with Crippen molar-refractivity contribution in [1.82, 2.24) is 9.80 Å². The van der Waals surface area contributed by atoms with Gasteiger partial charge in [-0.1, -0.05) is 28.1 Å². The first-order valence-corrected chi connectivity index (χ1v) is 10.5. The number of aromatic hydroxyl groups is 1. The molecule has 1 aliphatic rings. The maximum Gasteiger partial charge on any atom is 0.295 e. The lowest BCUT2D eigenvalue weighted by Gasteiger charge is -2.27. The zero-order chi connectivity index (χ0) is 22.9. The largest absolute Gasteiger partial charge is 0.507 e. The predicted molar refractivity (Wildman–Crippen MR) is 121 cm³/mol. The van der Waals surface area contributed by atoms with Crippen LogP contribution < -0.4 is 4.74 Å². The number of carbonyl (C=O) groups excluding carboxylic acids is 2. The molecule has 0 spiro atoms. The summed E-state index contributed by atoms with van der Waals surface area (Å²) in [5.41, 5.74) is 1.82. The average molecular weight is 489 g/mol. The number of benzene rings is 2. The first-order valence-electron chi connectivity index (χ1n) is 9.72. The summed E-state index contributed by atoms with van der Waals surface area (Å²) in [5, 5.41) is 21.4. The van der Waals surface area contributed by atoms with E-state index in [1.807, 2.05) is 25.9 Å². The number of ketones is 1. The van der Waals surface area contributed by atoms with Gasteiger partial charge < -0.3 is 24.7 Å². The maximum absolute atomic E-state index is 13.0. The first-order chi connectivity index (χ1) is 14.6. The Morgan fingerprint density at radius 3 is 2.48 bits per heavy atom. The molecule has 7 nitrogen and oxygen atoms in total. The van der Waals surface area contributed by atoms with E-state index < -0.39 is 17.7 Å². The molecule has 2 N–H and O–H groups in total. The van der Waals surface area contributed by atoms with Crippen molar-refractivity contribution in [1.29, 1.82) is 0 Å². The van der Waals surface area contributed by atoms with Crippen LogP contribution in [0.15, 0.2) is 46.4 Å². The summed E-state index contributed by atoms with van der Waals surface area (Å²) in [6.45, 7) is 2.68. The number of nitrogens with zero attached hydrogens (tertiary/aromatic N) is 2. The summed E-state index contributed by atoms with van der Waals surface area (Å²) >= 11 is 3.43. The smallest absolute Gasteiger partial charge is 0.295 e. The van der Waals surface area contributed by atoms with Crippen molar-refractivity contribution in [2.75, 3.05) is 34.3 Å². The number of phenols is 1. The van der Waals surface area contributed by atoms with Crippen LogP contribution in [0.3, 0.4) is 0 Å². The second-order valence-electron chi connectivity index (χ2n) is 7.69. The number of aliphatic hydroxyl groups excluding tert-OH is 1. The van der Waals surface area contributed by atoms with Crippen molar-refractivity contribution in [3.8, 4) is 11.5 Å². The zero-order valence-corrected chi connectivity index (χ0v) is 19.4. The third-order valence-corrected chi connectivity index (χ3v) is 6.17. The number of aryl methyl sites for hydroxylation is 1. The van der Waals surface area contributed by atoms with Crippen LogP contribution in [0.4, 0.5) is 0 Å². The van der Waals surface area contributed by atoms with Crippen molar-refractivity contribution in [3.05, 3.63) is 63.1 Å². The predicted octanol–water partition coefficient (Wildman–Crippen LogP) is 3.46. The highest BCUT2D eigenvalue weighted by Gasteiger charge is 2.46. The molecule has 1 amide bonds. The third kappa shape index (κ3) is 4.45. The number of halogens is 1. The van der Waals surface area contributed by atoms with Crippen molar-refractivity contribution < 1.29 is 24.5 Å². The highest BCUT2D eigenvalue weighted by molar-refractivity contribution is 9.10. The van der Waals surface area contributed by atoms with Gasteiger partial charge in [-0.25, -0.2) is 0 Å². The fraction of sp³-hybridized carbons (Fsp3) is 0.304. The monoisotopic (exact) mass is 488 g/mol. The molecule has 164 valence electrons. The second-order valence-corrected chi connectivity index (χ2v) is 8.55. The molecule has 1 saturated heterocycles. The molecule has 0 aliphatic carbocycles. The van der Waals surface area contributed by atoms with E-state index >= 15 is 0 Å². The van der Waals surface area contributed by atoms with E-state index in [4.69, 9.17) is 4.74 Å². The van der Waals surface area contributed by atoms with Gasteiger partial charge in [0.15, 0.2) is 11.5 Å². The van der Waals surface area contributed by atoms with Gasteiger partial charge in [0, 0.05) is 23.1 Å². The number of Topliss-reactive ketones (excluding diaryl/α,β-unsaturated/α-hetero) is 1. The van der Waals surface area contributed by atoms with Crippen LogP contribution in [-0.2, 0) is 9.59 Å². The van der Waals surface area contributed by atoms with Crippen LogP contribution in [0.25, 0.3) is 5.76 Å². The minimum Gasteiger partial charge on any atom is -0.507 e. The van der Waals surface area contributed by atoms with Crippen molar-refractivity contribution in [2.24, 2.45) is 0 Å². The van der Waals surface area contributed by atoms with E-state index in [2.05, 4.69) is 15.9 Å². The zero-order valence-electron chi connectivity index (χ0n) is 17.8. The number of hydrogen-bond acceptors (Lipinski definition) is 6. The van der Waals surface area contributed by atoms with Gasteiger partial charge in [0.2, 0.25) is 0 Å². The number of amides is 1. The molecule has 0 saturated carbocycles. The molecule has 0 radical (unpaired) electrons. The molecule has 1 fully saturated rings. The van der Waals surface area contributed by atoms with Gasteiger partial charge in [0.1, 0.15) is 5.76 Å². The van der Waals surface area contributed by atoms with Crippen LogP contribution >= 0.6 is 15.9 Å². The van der Waals surface area contributed by atoms with Gasteiger partial charge in [-0.05, 0) is 56.4 Å². The topological polar surface area (TPSA) is 90.3 Å². The molecule has 31 heavy (non-hydrogen) atoms. The lowest BCUT2D eigenvalue weighted by Crippen LogP contribution is -2.35.